The Labute approximate surface area is 61.9 Å². The molecule has 3 N–H and O–H groups in total. The summed E-state index contributed by atoms with van der Waals surface area (Å²) in [7, 11) is 0. The molecule has 0 aromatic carbocycles. The van der Waals surface area contributed by atoms with Crippen LogP contribution in [0.25, 0.3) is 0 Å². The van der Waals surface area contributed by atoms with Crippen LogP contribution in [-0.2, 0) is 4.74 Å². The van der Waals surface area contributed by atoms with Gasteiger partial charge in [0, 0.05) is 12.6 Å². The van der Waals surface area contributed by atoms with Crippen LogP contribution in [0, 0.1) is 0 Å². The fraction of sp³-hybridized carbons (Fsp3) is 1.00. The van der Waals surface area contributed by atoms with E-state index in [9.17, 15) is 0 Å². The zero-order valence-corrected chi connectivity index (χ0v) is 6.68. The van der Waals surface area contributed by atoms with E-state index in [1.807, 2.05) is 6.92 Å². The summed E-state index contributed by atoms with van der Waals surface area (Å²) in [5.41, 5.74) is 5.48. The average Bonchev–Trinajstić information content (AvgIpc) is 1.96. The second-order valence-corrected chi connectivity index (χ2v) is 2.83. The van der Waals surface area contributed by atoms with Gasteiger partial charge in [0.15, 0.2) is 0 Å². The molecule has 3 nitrogen and oxygen atoms in total. The van der Waals surface area contributed by atoms with Crippen LogP contribution in [0.2, 0.25) is 0 Å². The molecule has 2 unspecified atom stereocenters. The van der Waals surface area contributed by atoms with Crippen molar-refractivity contribution in [3.8, 4) is 0 Å². The molecule has 1 heterocycles. The third-order valence-electron chi connectivity index (χ3n) is 2.21. The minimum absolute atomic E-state index is 0.270. The summed E-state index contributed by atoms with van der Waals surface area (Å²) in [6.45, 7) is 5.75. The molecule has 0 spiro atoms. The fourth-order valence-electron chi connectivity index (χ4n) is 1.22. The smallest absolute Gasteiger partial charge is 0.131 e. The van der Waals surface area contributed by atoms with Gasteiger partial charge in [0.1, 0.15) is 5.72 Å². The maximum Gasteiger partial charge on any atom is 0.131 e. The van der Waals surface area contributed by atoms with Crippen LogP contribution in [0.3, 0.4) is 0 Å². The Morgan fingerprint density at radius 2 is 2.50 bits per heavy atom. The van der Waals surface area contributed by atoms with Crippen molar-refractivity contribution in [1.82, 2.24) is 5.32 Å². The summed E-state index contributed by atoms with van der Waals surface area (Å²) in [4.78, 5) is 0. The summed E-state index contributed by atoms with van der Waals surface area (Å²) in [5, 5.41) is 3.27. The standard InChI is InChI=1S/C7H16N2O/c1-3-7(8)6(2)9-4-5-10-7/h6,9H,3-5,8H2,1-2H3. The van der Waals surface area contributed by atoms with Crippen molar-refractivity contribution in [3.05, 3.63) is 0 Å². The molecule has 3 heteroatoms. The Balaban J connectivity index is 2.54. The van der Waals surface area contributed by atoms with Crippen molar-refractivity contribution in [2.45, 2.75) is 32.0 Å². The topological polar surface area (TPSA) is 47.3 Å². The van der Waals surface area contributed by atoms with E-state index in [2.05, 4.69) is 12.2 Å². The second-order valence-electron chi connectivity index (χ2n) is 2.83. The van der Waals surface area contributed by atoms with Crippen molar-refractivity contribution in [2.24, 2.45) is 5.73 Å². The van der Waals surface area contributed by atoms with Crippen molar-refractivity contribution in [1.29, 1.82) is 0 Å². The molecule has 0 saturated carbocycles. The molecule has 0 amide bonds. The maximum absolute atomic E-state index is 5.92. The second kappa shape index (κ2) is 2.86. The Bertz CT molecular complexity index is 118. The highest BCUT2D eigenvalue weighted by Gasteiger charge is 2.33. The third kappa shape index (κ3) is 1.31. The van der Waals surface area contributed by atoms with Crippen LogP contribution in [0.5, 0.6) is 0 Å². The average molecular weight is 144 g/mol. The molecule has 1 aliphatic rings. The van der Waals surface area contributed by atoms with E-state index in [0.29, 0.717) is 0 Å². The number of nitrogens with one attached hydrogen (secondary N) is 1. The van der Waals surface area contributed by atoms with Gasteiger partial charge in [0.2, 0.25) is 0 Å². The molecule has 1 fully saturated rings. The molecule has 1 aliphatic heterocycles. The molecule has 0 bridgehead atoms. The molecule has 0 aromatic rings. The van der Waals surface area contributed by atoms with Gasteiger partial charge in [-0.3, -0.25) is 0 Å². The highest BCUT2D eigenvalue weighted by molar-refractivity contribution is 4.86. The first-order valence-corrected chi connectivity index (χ1v) is 3.85. The number of rotatable bonds is 1. The number of morpholine rings is 1. The fourth-order valence-corrected chi connectivity index (χ4v) is 1.22. The van der Waals surface area contributed by atoms with Gasteiger partial charge in [-0.15, -0.1) is 0 Å². The number of hydrogen-bond acceptors (Lipinski definition) is 3. The quantitative estimate of drug-likeness (QED) is 0.547. The van der Waals surface area contributed by atoms with Crippen LogP contribution in [-0.4, -0.2) is 24.9 Å². The predicted molar refractivity (Wildman–Crippen MR) is 40.6 cm³/mol. The van der Waals surface area contributed by atoms with Gasteiger partial charge in [0.05, 0.1) is 6.61 Å². The lowest BCUT2D eigenvalue weighted by Gasteiger charge is -2.39. The Kier molecular flexibility index (Phi) is 2.28. The Morgan fingerprint density at radius 3 is 2.90 bits per heavy atom. The van der Waals surface area contributed by atoms with Gasteiger partial charge >= 0.3 is 0 Å². The maximum atomic E-state index is 5.92. The first-order chi connectivity index (χ1) is 4.69. The molecule has 1 rings (SSSR count). The molecular weight excluding hydrogens is 128 g/mol. The van der Waals surface area contributed by atoms with E-state index in [4.69, 9.17) is 10.5 Å². The van der Waals surface area contributed by atoms with Crippen molar-refractivity contribution in [2.75, 3.05) is 13.2 Å². The van der Waals surface area contributed by atoms with E-state index in [1.54, 1.807) is 0 Å². The molecule has 2 atom stereocenters. The monoisotopic (exact) mass is 144 g/mol. The zero-order chi connectivity index (χ0) is 7.61. The molecule has 0 aliphatic carbocycles. The van der Waals surface area contributed by atoms with Gasteiger partial charge < -0.3 is 15.8 Å². The third-order valence-corrected chi connectivity index (χ3v) is 2.21. The van der Waals surface area contributed by atoms with Crippen LogP contribution in [0.4, 0.5) is 0 Å². The highest BCUT2D eigenvalue weighted by atomic mass is 16.5. The Morgan fingerprint density at radius 1 is 1.80 bits per heavy atom. The van der Waals surface area contributed by atoms with Crippen molar-refractivity contribution in [3.63, 3.8) is 0 Å². The normalized spacial score (nSPS) is 41.7. The summed E-state index contributed by atoms with van der Waals surface area (Å²) in [6.07, 6.45) is 0.862. The summed E-state index contributed by atoms with van der Waals surface area (Å²) < 4.78 is 5.44. The Hall–Kier alpha value is -0.120. The lowest BCUT2D eigenvalue weighted by molar-refractivity contribution is -0.0905. The van der Waals surface area contributed by atoms with Gasteiger partial charge in [-0.2, -0.15) is 0 Å². The summed E-state index contributed by atoms with van der Waals surface area (Å²) >= 11 is 0. The van der Waals surface area contributed by atoms with E-state index >= 15 is 0 Å². The van der Waals surface area contributed by atoms with Gasteiger partial charge in [-0.25, -0.2) is 0 Å². The van der Waals surface area contributed by atoms with E-state index in [1.165, 1.54) is 0 Å². The molecule has 0 radical (unpaired) electrons. The van der Waals surface area contributed by atoms with Crippen molar-refractivity contribution < 1.29 is 4.74 Å². The minimum atomic E-state index is -0.432. The number of ether oxygens (including phenoxy) is 1. The van der Waals surface area contributed by atoms with E-state index in [-0.39, 0.29) is 6.04 Å². The van der Waals surface area contributed by atoms with Crippen molar-refractivity contribution >= 4 is 0 Å². The lowest BCUT2D eigenvalue weighted by Crippen LogP contribution is -2.61. The lowest BCUT2D eigenvalue weighted by atomic mass is 10.0. The summed E-state index contributed by atoms with van der Waals surface area (Å²) in [6, 6.07) is 0.270. The van der Waals surface area contributed by atoms with Crippen LogP contribution >= 0.6 is 0 Å². The highest BCUT2D eigenvalue weighted by Crippen LogP contribution is 2.16. The van der Waals surface area contributed by atoms with Gasteiger partial charge in [0.25, 0.3) is 0 Å². The minimum Gasteiger partial charge on any atom is -0.358 e. The summed E-state index contributed by atoms with van der Waals surface area (Å²) in [5.74, 6) is 0. The SMILES string of the molecule is CCC1(N)OCCNC1C. The van der Waals surface area contributed by atoms with E-state index in [0.717, 1.165) is 19.6 Å². The van der Waals surface area contributed by atoms with Gasteiger partial charge in [-0.05, 0) is 13.3 Å². The molecule has 60 valence electrons. The van der Waals surface area contributed by atoms with E-state index < -0.39 is 5.72 Å². The molecule has 1 saturated heterocycles. The van der Waals surface area contributed by atoms with Gasteiger partial charge in [-0.1, -0.05) is 6.92 Å². The predicted octanol–water partition coefficient (Wildman–Crippen LogP) is 0.0597. The van der Waals surface area contributed by atoms with Crippen LogP contribution < -0.4 is 11.1 Å². The largest absolute Gasteiger partial charge is 0.358 e. The number of nitrogens with two attached hydrogens (primary N) is 1. The molecule has 0 aromatic heterocycles. The molecular formula is C7H16N2O. The van der Waals surface area contributed by atoms with Crippen LogP contribution in [0.1, 0.15) is 20.3 Å². The first-order valence-electron chi connectivity index (χ1n) is 3.85. The first kappa shape index (κ1) is 7.98. The van der Waals surface area contributed by atoms with Crippen LogP contribution in [0.15, 0.2) is 0 Å². The zero-order valence-electron chi connectivity index (χ0n) is 6.68. The number of hydrogen-bond donors (Lipinski definition) is 2. The molecule has 10 heavy (non-hydrogen) atoms.